The molecule has 0 aromatic carbocycles. The van der Waals surface area contributed by atoms with E-state index in [1.54, 1.807) is 0 Å². The van der Waals surface area contributed by atoms with Crippen LogP contribution in [0.1, 0.15) is 38.5 Å². The second-order valence-electron chi connectivity index (χ2n) is 6.30. The number of nitrogens with zero attached hydrogens (tertiary/aromatic N) is 1. The zero-order chi connectivity index (χ0) is 13.9. The van der Waals surface area contributed by atoms with Crippen LogP contribution >= 0.6 is 0 Å². The predicted molar refractivity (Wildman–Crippen MR) is 72.4 cm³/mol. The summed E-state index contributed by atoms with van der Waals surface area (Å²) >= 11 is 0. The zero-order valence-corrected chi connectivity index (χ0v) is 11.6. The maximum Gasteiger partial charge on any atom is 0.220 e. The Kier molecular flexibility index (Phi) is 4.81. The van der Waals surface area contributed by atoms with Gasteiger partial charge in [-0.1, -0.05) is 0 Å². The second kappa shape index (κ2) is 6.20. The Hall–Kier alpha value is -0.650. The SMILES string of the molecule is NC(=O)C1CCN(CC2(O)CCC(CO)CC2)CC1. The summed E-state index contributed by atoms with van der Waals surface area (Å²) < 4.78 is 0. The monoisotopic (exact) mass is 270 g/mol. The van der Waals surface area contributed by atoms with Crippen LogP contribution in [0.3, 0.4) is 0 Å². The molecule has 19 heavy (non-hydrogen) atoms. The number of piperidine rings is 1. The number of amides is 1. The molecule has 1 aliphatic carbocycles. The molecule has 1 amide bonds. The van der Waals surface area contributed by atoms with Crippen molar-refractivity contribution >= 4 is 5.91 Å². The molecule has 1 saturated heterocycles. The summed E-state index contributed by atoms with van der Waals surface area (Å²) in [6.07, 6.45) is 4.98. The average Bonchev–Trinajstić information content (AvgIpc) is 2.40. The Bertz CT molecular complexity index is 306. The van der Waals surface area contributed by atoms with Crippen molar-refractivity contribution in [3.63, 3.8) is 0 Å². The number of hydrogen-bond donors (Lipinski definition) is 3. The number of rotatable bonds is 4. The molecule has 0 aromatic rings. The first kappa shape index (κ1) is 14.8. The summed E-state index contributed by atoms with van der Waals surface area (Å²) in [4.78, 5) is 13.4. The Balaban J connectivity index is 1.77. The molecule has 4 N–H and O–H groups in total. The Labute approximate surface area is 114 Å². The van der Waals surface area contributed by atoms with Crippen LogP contribution in [-0.4, -0.2) is 52.9 Å². The molecule has 1 saturated carbocycles. The lowest BCUT2D eigenvalue weighted by molar-refractivity contribution is -0.123. The summed E-state index contributed by atoms with van der Waals surface area (Å²) in [7, 11) is 0. The second-order valence-corrected chi connectivity index (χ2v) is 6.30. The van der Waals surface area contributed by atoms with Crippen molar-refractivity contribution < 1.29 is 15.0 Å². The number of aliphatic hydroxyl groups is 2. The van der Waals surface area contributed by atoms with Crippen molar-refractivity contribution in [2.75, 3.05) is 26.2 Å². The van der Waals surface area contributed by atoms with Crippen LogP contribution in [-0.2, 0) is 4.79 Å². The lowest BCUT2D eigenvalue weighted by atomic mass is 9.78. The van der Waals surface area contributed by atoms with E-state index in [0.717, 1.165) is 51.6 Å². The van der Waals surface area contributed by atoms with E-state index in [-0.39, 0.29) is 18.4 Å². The Morgan fingerprint density at radius 3 is 2.26 bits per heavy atom. The summed E-state index contributed by atoms with van der Waals surface area (Å²) in [5.74, 6) is 0.179. The molecule has 2 rings (SSSR count). The van der Waals surface area contributed by atoms with Crippen LogP contribution in [0.25, 0.3) is 0 Å². The molecule has 1 aliphatic heterocycles. The Morgan fingerprint density at radius 2 is 1.79 bits per heavy atom. The van der Waals surface area contributed by atoms with Gasteiger partial charge in [0, 0.05) is 19.1 Å². The Morgan fingerprint density at radius 1 is 1.21 bits per heavy atom. The molecule has 0 aromatic heterocycles. The number of carbonyl (C=O) groups excluding carboxylic acids is 1. The molecule has 0 radical (unpaired) electrons. The molecular weight excluding hydrogens is 244 g/mol. The van der Waals surface area contributed by atoms with Gasteiger partial charge in [0.1, 0.15) is 0 Å². The van der Waals surface area contributed by atoms with Crippen molar-refractivity contribution in [1.29, 1.82) is 0 Å². The van der Waals surface area contributed by atoms with Crippen LogP contribution in [0.4, 0.5) is 0 Å². The molecular formula is C14H26N2O3. The number of β-amino-alcohol motifs (C(OH)–C–C–N with tert-alkyl or cyclic N) is 1. The van der Waals surface area contributed by atoms with E-state index in [0.29, 0.717) is 12.5 Å². The van der Waals surface area contributed by atoms with Gasteiger partial charge in [0.15, 0.2) is 0 Å². The molecule has 0 unspecified atom stereocenters. The third-order valence-corrected chi connectivity index (χ3v) is 4.80. The minimum absolute atomic E-state index is 0.0102. The topological polar surface area (TPSA) is 86.8 Å². The average molecular weight is 270 g/mol. The lowest BCUT2D eigenvalue weighted by Crippen LogP contribution is -2.49. The minimum Gasteiger partial charge on any atom is -0.396 e. The summed E-state index contributed by atoms with van der Waals surface area (Å²) in [5, 5.41) is 19.7. The first-order valence-corrected chi connectivity index (χ1v) is 7.37. The highest BCUT2D eigenvalue weighted by Crippen LogP contribution is 2.33. The molecule has 5 nitrogen and oxygen atoms in total. The predicted octanol–water partition coefficient (Wildman–Crippen LogP) is 0.0973. The highest BCUT2D eigenvalue weighted by molar-refractivity contribution is 5.76. The van der Waals surface area contributed by atoms with Gasteiger partial charge in [-0.2, -0.15) is 0 Å². The van der Waals surface area contributed by atoms with Gasteiger partial charge in [-0.15, -0.1) is 0 Å². The van der Waals surface area contributed by atoms with Crippen LogP contribution < -0.4 is 5.73 Å². The van der Waals surface area contributed by atoms with Crippen molar-refractivity contribution in [3.8, 4) is 0 Å². The smallest absolute Gasteiger partial charge is 0.220 e. The number of likely N-dealkylation sites (tertiary alicyclic amines) is 1. The fourth-order valence-electron chi connectivity index (χ4n) is 3.35. The molecule has 2 fully saturated rings. The van der Waals surface area contributed by atoms with E-state index in [1.807, 2.05) is 0 Å². The number of aliphatic hydroxyl groups excluding tert-OH is 1. The molecule has 5 heteroatoms. The van der Waals surface area contributed by atoms with E-state index < -0.39 is 5.60 Å². The van der Waals surface area contributed by atoms with Crippen molar-refractivity contribution in [3.05, 3.63) is 0 Å². The largest absolute Gasteiger partial charge is 0.396 e. The maximum absolute atomic E-state index is 11.1. The summed E-state index contributed by atoms with van der Waals surface area (Å²) in [6.45, 7) is 2.62. The molecule has 1 heterocycles. The van der Waals surface area contributed by atoms with Gasteiger partial charge in [0.25, 0.3) is 0 Å². The quantitative estimate of drug-likeness (QED) is 0.676. The summed E-state index contributed by atoms with van der Waals surface area (Å²) in [6, 6.07) is 0. The first-order valence-electron chi connectivity index (χ1n) is 7.37. The number of primary amides is 1. The van der Waals surface area contributed by atoms with Gasteiger partial charge in [-0.25, -0.2) is 0 Å². The molecule has 2 aliphatic rings. The highest BCUT2D eigenvalue weighted by atomic mass is 16.3. The van der Waals surface area contributed by atoms with Gasteiger partial charge in [-0.3, -0.25) is 4.79 Å². The molecule has 0 atom stereocenters. The fraction of sp³-hybridized carbons (Fsp3) is 0.929. The molecule has 110 valence electrons. The standard InChI is InChI=1S/C14H26N2O3/c15-13(18)12-3-7-16(8-4-12)10-14(19)5-1-11(9-17)2-6-14/h11-12,17,19H,1-10H2,(H2,15,18). The van der Waals surface area contributed by atoms with Crippen LogP contribution in [0.2, 0.25) is 0 Å². The van der Waals surface area contributed by atoms with Gasteiger partial charge in [-0.05, 0) is 57.5 Å². The number of carbonyl (C=O) groups is 1. The van der Waals surface area contributed by atoms with Gasteiger partial charge in [0.05, 0.1) is 5.60 Å². The maximum atomic E-state index is 11.1. The highest BCUT2D eigenvalue weighted by Gasteiger charge is 2.35. The third-order valence-electron chi connectivity index (χ3n) is 4.80. The van der Waals surface area contributed by atoms with E-state index in [1.165, 1.54) is 0 Å². The first-order chi connectivity index (χ1) is 9.02. The van der Waals surface area contributed by atoms with Crippen molar-refractivity contribution in [2.45, 2.75) is 44.1 Å². The normalized spacial score (nSPS) is 34.3. The third kappa shape index (κ3) is 3.91. The number of nitrogens with two attached hydrogens (primary N) is 1. The fourth-order valence-corrected chi connectivity index (χ4v) is 3.35. The zero-order valence-electron chi connectivity index (χ0n) is 11.6. The minimum atomic E-state index is -0.606. The van der Waals surface area contributed by atoms with Crippen LogP contribution in [0.5, 0.6) is 0 Å². The van der Waals surface area contributed by atoms with Crippen LogP contribution in [0, 0.1) is 11.8 Å². The van der Waals surface area contributed by atoms with Gasteiger partial charge < -0.3 is 20.8 Å². The molecule has 0 spiro atoms. The van der Waals surface area contributed by atoms with E-state index in [4.69, 9.17) is 10.8 Å². The molecule has 0 bridgehead atoms. The lowest BCUT2D eigenvalue weighted by Gasteiger charge is -2.41. The van der Waals surface area contributed by atoms with E-state index in [2.05, 4.69) is 4.90 Å². The van der Waals surface area contributed by atoms with E-state index >= 15 is 0 Å². The van der Waals surface area contributed by atoms with Gasteiger partial charge >= 0.3 is 0 Å². The van der Waals surface area contributed by atoms with Crippen LogP contribution in [0.15, 0.2) is 0 Å². The number of hydrogen-bond acceptors (Lipinski definition) is 4. The summed E-state index contributed by atoms with van der Waals surface area (Å²) in [5.41, 5.74) is 4.72. The van der Waals surface area contributed by atoms with Gasteiger partial charge in [0.2, 0.25) is 5.91 Å². The van der Waals surface area contributed by atoms with Crippen molar-refractivity contribution in [1.82, 2.24) is 4.90 Å². The van der Waals surface area contributed by atoms with E-state index in [9.17, 15) is 9.90 Å². The van der Waals surface area contributed by atoms with Crippen molar-refractivity contribution in [2.24, 2.45) is 17.6 Å².